The van der Waals surface area contributed by atoms with Crippen molar-refractivity contribution < 1.29 is 4.79 Å². The highest BCUT2D eigenvalue weighted by atomic mass is 16.1. The van der Waals surface area contributed by atoms with Crippen LogP contribution in [0.3, 0.4) is 0 Å². The molecule has 3 N–H and O–H groups in total. The largest absolute Gasteiger partial charge is 0.401 e. The van der Waals surface area contributed by atoms with Crippen LogP contribution in [0.1, 0.15) is 13.8 Å². The van der Waals surface area contributed by atoms with Crippen molar-refractivity contribution in [2.24, 2.45) is 5.73 Å². The zero-order valence-corrected chi connectivity index (χ0v) is 8.58. The van der Waals surface area contributed by atoms with E-state index >= 15 is 0 Å². The number of nitrogens with two attached hydrogens (primary N) is 1. The Bertz CT molecular complexity index is 294. The van der Waals surface area contributed by atoms with Gasteiger partial charge in [0.1, 0.15) is 0 Å². The first kappa shape index (κ1) is 12.2. The van der Waals surface area contributed by atoms with Crippen molar-refractivity contribution >= 4 is 5.91 Å². The highest BCUT2D eigenvalue weighted by Crippen LogP contribution is 1.97. The summed E-state index contributed by atoms with van der Waals surface area (Å²) in [6, 6.07) is 0. The molecule has 0 rings (SSSR count). The summed E-state index contributed by atoms with van der Waals surface area (Å²) in [4.78, 5) is 11.0. The average Bonchev–Trinajstić information content (AvgIpc) is 2.16. The second-order valence-corrected chi connectivity index (χ2v) is 2.67. The van der Waals surface area contributed by atoms with E-state index in [9.17, 15) is 4.79 Å². The zero-order valence-electron chi connectivity index (χ0n) is 8.58. The maximum atomic E-state index is 11.0. The van der Waals surface area contributed by atoms with Crippen molar-refractivity contribution in [2.45, 2.75) is 13.8 Å². The molecule has 0 saturated heterocycles. The average molecular weight is 192 g/mol. The van der Waals surface area contributed by atoms with Crippen LogP contribution in [0.2, 0.25) is 0 Å². The van der Waals surface area contributed by atoms with E-state index in [-0.39, 0.29) is 5.91 Å². The van der Waals surface area contributed by atoms with Crippen LogP contribution in [0, 0.1) is 0 Å². The molecular weight excluding hydrogens is 176 g/mol. The molecule has 0 aromatic heterocycles. The lowest BCUT2D eigenvalue weighted by atomic mass is 10.3. The Morgan fingerprint density at radius 2 is 2.07 bits per heavy atom. The fourth-order valence-corrected chi connectivity index (χ4v) is 0.718. The van der Waals surface area contributed by atoms with Gasteiger partial charge in [0.25, 0.3) is 0 Å². The number of carbonyl (C=O) groups excluding carboxylic acids is 1. The molecule has 0 aromatic rings. The van der Waals surface area contributed by atoms with Gasteiger partial charge in [-0.05, 0) is 26.0 Å². The maximum absolute atomic E-state index is 11.0. The lowest BCUT2D eigenvalue weighted by Crippen LogP contribution is -2.21. The monoisotopic (exact) mass is 192 g/mol. The maximum Gasteiger partial charge on any atom is 0.247 e. The SMILES string of the molecule is C=CC(=O)NC(/C=C\C=C\C)=C(/C)N. The molecule has 76 valence electrons. The van der Waals surface area contributed by atoms with Gasteiger partial charge in [0.05, 0.1) is 5.70 Å². The third kappa shape index (κ3) is 4.98. The van der Waals surface area contributed by atoms with Crippen molar-refractivity contribution in [3.05, 3.63) is 48.4 Å². The highest BCUT2D eigenvalue weighted by molar-refractivity contribution is 5.88. The van der Waals surface area contributed by atoms with Crippen LogP contribution in [0.25, 0.3) is 0 Å². The van der Waals surface area contributed by atoms with Crippen LogP contribution >= 0.6 is 0 Å². The first-order chi connectivity index (χ1) is 6.61. The molecule has 3 heteroatoms. The fraction of sp³-hybridized carbons (Fsp3) is 0.182. The van der Waals surface area contributed by atoms with Crippen LogP contribution in [0.4, 0.5) is 0 Å². The summed E-state index contributed by atoms with van der Waals surface area (Å²) in [6.07, 6.45) is 8.47. The Hall–Kier alpha value is -1.77. The molecule has 0 spiro atoms. The second kappa shape index (κ2) is 6.71. The minimum atomic E-state index is -0.269. The molecule has 0 aromatic carbocycles. The van der Waals surface area contributed by atoms with Gasteiger partial charge in [-0.3, -0.25) is 4.79 Å². The number of rotatable bonds is 4. The first-order valence-corrected chi connectivity index (χ1v) is 4.31. The third-order valence-corrected chi connectivity index (χ3v) is 1.43. The van der Waals surface area contributed by atoms with Gasteiger partial charge in [-0.1, -0.05) is 24.8 Å². The van der Waals surface area contributed by atoms with Crippen molar-refractivity contribution in [3.8, 4) is 0 Å². The summed E-state index contributed by atoms with van der Waals surface area (Å²) in [5.74, 6) is -0.269. The smallest absolute Gasteiger partial charge is 0.247 e. The molecular formula is C11H16N2O. The fourth-order valence-electron chi connectivity index (χ4n) is 0.718. The number of carbonyl (C=O) groups is 1. The molecule has 0 unspecified atom stereocenters. The molecule has 14 heavy (non-hydrogen) atoms. The van der Waals surface area contributed by atoms with Gasteiger partial charge in [0.15, 0.2) is 0 Å². The Balaban J connectivity index is 4.56. The minimum absolute atomic E-state index is 0.269. The Morgan fingerprint density at radius 3 is 2.50 bits per heavy atom. The molecule has 0 aliphatic heterocycles. The van der Waals surface area contributed by atoms with E-state index in [1.54, 1.807) is 19.1 Å². The summed E-state index contributed by atoms with van der Waals surface area (Å²) < 4.78 is 0. The van der Waals surface area contributed by atoms with Crippen LogP contribution in [-0.4, -0.2) is 5.91 Å². The molecule has 0 atom stereocenters. The molecule has 0 fully saturated rings. The van der Waals surface area contributed by atoms with E-state index < -0.39 is 0 Å². The van der Waals surface area contributed by atoms with Crippen molar-refractivity contribution in [1.82, 2.24) is 5.32 Å². The Kier molecular flexibility index (Phi) is 5.87. The topological polar surface area (TPSA) is 55.1 Å². The van der Waals surface area contributed by atoms with Gasteiger partial charge in [-0.25, -0.2) is 0 Å². The predicted molar refractivity (Wildman–Crippen MR) is 59.2 cm³/mol. The summed E-state index contributed by atoms with van der Waals surface area (Å²) in [5, 5.41) is 2.60. The van der Waals surface area contributed by atoms with Crippen molar-refractivity contribution in [1.29, 1.82) is 0 Å². The van der Waals surface area contributed by atoms with E-state index in [4.69, 9.17) is 5.73 Å². The summed E-state index contributed by atoms with van der Waals surface area (Å²) in [6.45, 7) is 6.98. The Labute approximate surface area is 84.7 Å². The number of nitrogens with one attached hydrogen (secondary N) is 1. The zero-order chi connectivity index (χ0) is 11.0. The third-order valence-electron chi connectivity index (χ3n) is 1.43. The van der Waals surface area contributed by atoms with Crippen LogP contribution < -0.4 is 11.1 Å². The molecule has 0 aliphatic carbocycles. The number of amides is 1. The van der Waals surface area contributed by atoms with E-state index in [1.165, 1.54) is 6.08 Å². The normalized spacial score (nSPS) is 13.0. The molecule has 0 heterocycles. The molecule has 0 bridgehead atoms. The van der Waals surface area contributed by atoms with E-state index in [1.807, 2.05) is 19.1 Å². The van der Waals surface area contributed by atoms with Gasteiger partial charge in [-0.15, -0.1) is 0 Å². The quantitative estimate of drug-likeness (QED) is 0.525. The van der Waals surface area contributed by atoms with Crippen molar-refractivity contribution in [2.75, 3.05) is 0 Å². The van der Waals surface area contributed by atoms with E-state index in [2.05, 4.69) is 11.9 Å². The second-order valence-electron chi connectivity index (χ2n) is 2.67. The lowest BCUT2D eigenvalue weighted by Gasteiger charge is -2.04. The number of allylic oxidation sites excluding steroid dienone is 5. The number of hydrogen-bond donors (Lipinski definition) is 2. The summed E-state index contributed by atoms with van der Waals surface area (Å²) in [7, 11) is 0. The summed E-state index contributed by atoms with van der Waals surface area (Å²) in [5.41, 5.74) is 6.72. The minimum Gasteiger partial charge on any atom is -0.401 e. The molecule has 3 nitrogen and oxygen atoms in total. The van der Waals surface area contributed by atoms with Gasteiger partial charge in [0, 0.05) is 5.70 Å². The van der Waals surface area contributed by atoms with Gasteiger partial charge in [0.2, 0.25) is 5.91 Å². The summed E-state index contributed by atoms with van der Waals surface area (Å²) >= 11 is 0. The van der Waals surface area contributed by atoms with Gasteiger partial charge < -0.3 is 11.1 Å². The van der Waals surface area contributed by atoms with Crippen LogP contribution in [0.5, 0.6) is 0 Å². The standard InChI is InChI=1S/C11H16N2O/c1-4-6-7-8-10(9(3)12)13-11(14)5-2/h4-8H,2,12H2,1,3H3,(H,13,14)/b6-4+,8-7-,10-9-. The van der Waals surface area contributed by atoms with Gasteiger partial charge >= 0.3 is 0 Å². The molecule has 0 saturated carbocycles. The molecule has 0 aliphatic rings. The molecule has 0 radical (unpaired) electrons. The predicted octanol–water partition coefficient (Wildman–Crippen LogP) is 1.61. The highest BCUT2D eigenvalue weighted by Gasteiger charge is 1.98. The van der Waals surface area contributed by atoms with Gasteiger partial charge in [-0.2, -0.15) is 0 Å². The van der Waals surface area contributed by atoms with E-state index in [0.29, 0.717) is 11.4 Å². The molecule has 1 amide bonds. The van der Waals surface area contributed by atoms with Crippen LogP contribution in [0.15, 0.2) is 48.4 Å². The van der Waals surface area contributed by atoms with E-state index in [0.717, 1.165) is 0 Å². The van der Waals surface area contributed by atoms with Crippen molar-refractivity contribution in [3.63, 3.8) is 0 Å². The Morgan fingerprint density at radius 1 is 1.43 bits per heavy atom. The van der Waals surface area contributed by atoms with Crippen LogP contribution in [-0.2, 0) is 4.79 Å². The first-order valence-electron chi connectivity index (χ1n) is 4.31. The lowest BCUT2D eigenvalue weighted by molar-refractivity contribution is -0.115. The number of hydrogen-bond acceptors (Lipinski definition) is 2.